The number of nitrogens with one attached hydrogen (secondary N) is 1. The first-order valence-corrected chi connectivity index (χ1v) is 7.30. The highest BCUT2D eigenvalue weighted by Crippen LogP contribution is 2.38. The molecule has 6 heteroatoms. The van der Waals surface area contributed by atoms with E-state index in [1.54, 1.807) is 19.2 Å². The minimum absolute atomic E-state index is 0.384. The highest BCUT2D eigenvalue weighted by atomic mass is 79.9. The molecule has 0 aliphatic heterocycles. The summed E-state index contributed by atoms with van der Waals surface area (Å²) in [4.78, 5) is 0. The molecule has 0 saturated carbocycles. The molecule has 1 atom stereocenters. The molecule has 21 heavy (non-hydrogen) atoms. The van der Waals surface area contributed by atoms with E-state index in [1.807, 2.05) is 0 Å². The van der Waals surface area contributed by atoms with Gasteiger partial charge in [-0.25, -0.2) is 8.78 Å². The van der Waals surface area contributed by atoms with Crippen LogP contribution in [0.2, 0.25) is 5.02 Å². The van der Waals surface area contributed by atoms with E-state index in [2.05, 4.69) is 21.2 Å². The lowest BCUT2D eigenvalue weighted by atomic mass is 9.97. The van der Waals surface area contributed by atoms with Crippen molar-refractivity contribution in [2.75, 3.05) is 14.2 Å². The summed E-state index contributed by atoms with van der Waals surface area (Å²) in [7, 11) is 3.26. The highest BCUT2D eigenvalue weighted by Gasteiger charge is 2.20. The van der Waals surface area contributed by atoms with E-state index in [0.29, 0.717) is 20.8 Å². The van der Waals surface area contributed by atoms with Crippen LogP contribution in [0.3, 0.4) is 0 Å². The summed E-state index contributed by atoms with van der Waals surface area (Å²) in [5.41, 5.74) is 1.30. The Morgan fingerprint density at radius 2 is 1.90 bits per heavy atom. The van der Waals surface area contributed by atoms with Gasteiger partial charge in [0.2, 0.25) is 0 Å². The van der Waals surface area contributed by atoms with Crippen molar-refractivity contribution in [2.45, 2.75) is 6.04 Å². The van der Waals surface area contributed by atoms with Crippen molar-refractivity contribution in [2.24, 2.45) is 0 Å². The van der Waals surface area contributed by atoms with E-state index >= 15 is 0 Å². The molecule has 0 aromatic heterocycles. The summed E-state index contributed by atoms with van der Waals surface area (Å²) in [5.74, 6) is -1.19. The molecule has 2 nitrogen and oxygen atoms in total. The van der Waals surface area contributed by atoms with E-state index in [0.717, 1.165) is 17.7 Å². The zero-order chi connectivity index (χ0) is 15.6. The zero-order valence-electron chi connectivity index (χ0n) is 11.4. The Labute approximate surface area is 135 Å². The first-order valence-electron chi connectivity index (χ1n) is 6.13. The molecule has 0 fully saturated rings. The Balaban J connectivity index is 2.58. The van der Waals surface area contributed by atoms with Gasteiger partial charge in [0.25, 0.3) is 0 Å². The summed E-state index contributed by atoms with van der Waals surface area (Å²) in [5, 5.41) is 3.58. The second-order valence-electron chi connectivity index (χ2n) is 4.41. The number of halogens is 4. The second-order valence-corrected chi connectivity index (χ2v) is 5.70. The topological polar surface area (TPSA) is 21.3 Å². The maximum Gasteiger partial charge on any atom is 0.159 e. The first kappa shape index (κ1) is 16.2. The normalized spacial score (nSPS) is 12.3. The van der Waals surface area contributed by atoms with Crippen LogP contribution in [0.5, 0.6) is 5.75 Å². The van der Waals surface area contributed by atoms with Gasteiger partial charge in [0, 0.05) is 10.6 Å². The summed E-state index contributed by atoms with van der Waals surface area (Å²) in [6.45, 7) is 0. The molecule has 1 N–H and O–H groups in total. The van der Waals surface area contributed by atoms with Crippen LogP contribution in [-0.4, -0.2) is 14.2 Å². The molecule has 0 aliphatic rings. The predicted molar refractivity (Wildman–Crippen MR) is 83.0 cm³/mol. The molecule has 0 saturated heterocycles. The van der Waals surface area contributed by atoms with Gasteiger partial charge in [0.15, 0.2) is 11.6 Å². The van der Waals surface area contributed by atoms with Gasteiger partial charge >= 0.3 is 0 Å². The summed E-state index contributed by atoms with van der Waals surface area (Å²) in [6.07, 6.45) is 0. The number of hydrogen-bond acceptors (Lipinski definition) is 2. The van der Waals surface area contributed by atoms with Gasteiger partial charge < -0.3 is 10.1 Å². The fraction of sp³-hybridized carbons (Fsp3) is 0.200. The molecule has 112 valence electrons. The average Bonchev–Trinajstić information content (AvgIpc) is 2.43. The van der Waals surface area contributed by atoms with E-state index in [4.69, 9.17) is 16.3 Å². The maximum absolute atomic E-state index is 13.5. The monoisotopic (exact) mass is 375 g/mol. The Morgan fingerprint density at radius 3 is 2.48 bits per heavy atom. The van der Waals surface area contributed by atoms with Gasteiger partial charge in [-0.05, 0) is 52.8 Å². The first-order chi connectivity index (χ1) is 9.97. The van der Waals surface area contributed by atoms with Crippen molar-refractivity contribution >= 4 is 27.5 Å². The fourth-order valence-electron chi connectivity index (χ4n) is 2.20. The Kier molecular flexibility index (Phi) is 5.19. The van der Waals surface area contributed by atoms with Gasteiger partial charge in [-0.3, -0.25) is 0 Å². The molecule has 1 unspecified atom stereocenters. The molecule has 0 radical (unpaired) electrons. The Bertz CT molecular complexity index is 666. The van der Waals surface area contributed by atoms with Gasteiger partial charge in [-0.15, -0.1) is 0 Å². The van der Waals surface area contributed by atoms with Gasteiger partial charge in [0.1, 0.15) is 5.75 Å². The van der Waals surface area contributed by atoms with Crippen LogP contribution in [0.1, 0.15) is 17.2 Å². The SMILES string of the molecule is CNC(c1ccc(F)c(F)c1)c1cc(Cl)cc(Br)c1OC. The van der Waals surface area contributed by atoms with E-state index in [9.17, 15) is 8.78 Å². The molecule has 0 spiro atoms. The van der Waals surface area contributed by atoms with E-state index in [-0.39, 0.29) is 6.04 Å². The zero-order valence-corrected chi connectivity index (χ0v) is 13.7. The van der Waals surface area contributed by atoms with Crippen LogP contribution < -0.4 is 10.1 Å². The molecule has 2 aromatic rings. The van der Waals surface area contributed by atoms with Crippen molar-refractivity contribution in [3.05, 3.63) is 62.6 Å². The number of rotatable bonds is 4. The third-order valence-corrected chi connectivity index (χ3v) is 3.93. The molecule has 0 bridgehead atoms. The van der Waals surface area contributed by atoms with Crippen LogP contribution in [0, 0.1) is 11.6 Å². The quantitative estimate of drug-likeness (QED) is 0.835. The Morgan fingerprint density at radius 1 is 1.19 bits per heavy atom. The van der Waals surface area contributed by atoms with Crippen molar-refractivity contribution < 1.29 is 13.5 Å². The molecular formula is C15H13BrClF2NO. The molecule has 0 heterocycles. The molecule has 2 aromatic carbocycles. The Hall–Kier alpha value is -1.17. The van der Waals surface area contributed by atoms with Crippen LogP contribution in [0.25, 0.3) is 0 Å². The van der Waals surface area contributed by atoms with Crippen molar-refractivity contribution in [3.8, 4) is 5.75 Å². The van der Waals surface area contributed by atoms with Crippen LogP contribution in [0.15, 0.2) is 34.8 Å². The third-order valence-electron chi connectivity index (χ3n) is 3.12. The largest absolute Gasteiger partial charge is 0.495 e. The van der Waals surface area contributed by atoms with E-state index < -0.39 is 11.6 Å². The van der Waals surface area contributed by atoms with Crippen LogP contribution in [-0.2, 0) is 0 Å². The molecule has 2 rings (SSSR count). The lowest BCUT2D eigenvalue weighted by Gasteiger charge is -2.21. The predicted octanol–water partition coefficient (Wildman–Crippen LogP) is 4.70. The van der Waals surface area contributed by atoms with Gasteiger partial charge in [-0.1, -0.05) is 17.7 Å². The minimum atomic E-state index is -0.896. The lowest BCUT2D eigenvalue weighted by molar-refractivity contribution is 0.402. The maximum atomic E-state index is 13.5. The average molecular weight is 377 g/mol. The van der Waals surface area contributed by atoms with Gasteiger partial charge in [0.05, 0.1) is 17.6 Å². The van der Waals surface area contributed by atoms with Crippen LogP contribution in [0.4, 0.5) is 8.78 Å². The van der Waals surface area contributed by atoms with Gasteiger partial charge in [-0.2, -0.15) is 0 Å². The van der Waals surface area contributed by atoms with Crippen molar-refractivity contribution in [1.29, 1.82) is 0 Å². The van der Waals surface area contributed by atoms with Crippen molar-refractivity contribution in [3.63, 3.8) is 0 Å². The molecular weight excluding hydrogens is 364 g/mol. The minimum Gasteiger partial charge on any atom is -0.495 e. The fourth-order valence-corrected chi connectivity index (χ4v) is 3.20. The second kappa shape index (κ2) is 6.73. The molecule has 0 amide bonds. The van der Waals surface area contributed by atoms with Crippen LogP contribution >= 0.6 is 27.5 Å². The smallest absolute Gasteiger partial charge is 0.159 e. The molecule has 0 aliphatic carbocycles. The summed E-state index contributed by atoms with van der Waals surface area (Å²) >= 11 is 9.46. The summed E-state index contributed by atoms with van der Waals surface area (Å²) < 4.78 is 32.6. The number of hydrogen-bond donors (Lipinski definition) is 1. The van der Waals surface area contributed by atoms with Crippen molar-refractivity contribution in [1.82, 2.24) is 5.32 Å². The number of benzene rings is 2. The summed E-state index contributed by atoms with van der Waals surface area (Å²) in [6, 6.07) is 6.83. The standard InChI is InChI=1S/C15H13BrClF2NO/c1-20-14(8-3-4-12(18)13(19)5-8)10-6-9(17)7-11(16)15(10)21-2/h3-7,14,20H,1-2H3. The lowest BCUT2D eigenvalue weighted by Crippen LogP contribution is -2.19. The highest BCUT2D eigenvalue weighted by molar-refractivity contribution is 9.10. The third kappa shape index (κ3) is 3.36. The number of methoxy groups -OCH3 is 1. The number of ether oxygens (including phenoxy) is 1. The van der Waals surface area contributed by atoms with E-state index in [1.165, 1.54) is 13.2 Å².